The number of aliphatic imine (C=N–C) groups is 1. The lowest BCUT2D eigenvalue weighted by Gasteiger charge is -2.37. The summed E-state index contributed by atoms with van der Waals surface area (Å²) >= 11 is 12.7. The van der Waals surface area contributed by atoms with E-state index in [1.54, 1.807) is 0 Å². The monoisotopic (exact) mass is 399 g/mol. The van der Waals surface area contributed by atoms with Gasteiger partial charge < -0.3 is 19.7 Å². The quantitative estimate of drug-likeness (QED) is 0.620. The van der Waals surface area contributed by atoms with Crippen LogP contribution in [0.2, 0.25) is 10.0 Å². The Bertz CT molecular complexity index is 615. The van der Waals surface area contributed by atoms with Crippen LogP contribution in [0.1, 0.15) is 31.2 Å². The van der Waals surface area contributed by atoms with Crippen molar-refractivity contribution < 1.29 is 9.47 Å². The lowest BCUT2D eigenvalue weighted by atomic mass is 10.0. The fourth-order valence-electron chi connectivity index (χ4n) is 3.65. The van der Waals surface area contributed by atoms with Crippen molar-refractivity contribution in [1.82, 2.24) is 10.2 Å². The van der Waals surface area contributed by atoms with Crippen LogP contribution in [0.5, 0.6) is 0 Å². The van der Waals surface area contributed by atoms with Crippen LogP contribution < -0.4 is 5.32 Å². The van der Waals surface area contributed by atoms with Crippen LogP contribution in [0.25, 0.3) is 0 Å². The van der Waals surface area contributed by atoms with Gasteiger partial charge in [-0.25, -0.2) is 0 Å². The first kappa shape index (κ1) is 19.7. The third-order valence-electron chi connectivity index (χ3n) is 5.04. The van der Waals surface area contributed by atoms with E-state index in [1.165, 1.54) is 0 Å². The molecule has 1 aromatic rings. The zero-order chi connectivity index (χ0) is 18.5. The summed E-state index contributed by atoms with van der Waals surface area (Å²) in [7, 11) is 1.81. The van der Waals surface area contributed by atoms with Gasteiger partial charge in [-0.15, -0.1) is 0 Å². The van der Waals surface area contributed by atoms with Crippen molar-refractivity contribution in [3.63, 3.8) is 0 Å². The first-order chi connectivity index (χ1) is 12.6. The normalized spacial score (nSPS) is 25.4. The molecular formula is C19H27Cl2N3O2. The van der Waals surface area contributed by atoms with Crippen molar-refractivity contribution in [3.8, 4) is 0 Å². The highest BCUT2D eigenvalue weighted by Gasteiger charge is 2.32. The maximum Gasteiger partial charge on any atom is 0.193 e. The molecule has 0 bridgehead atoms. The predicted octanol–water partition coefficient (Wildman–Crippen LogP) is 3.55. The summed E-state index contributed by atoms with van der Waals surface area (Å²) in [5.74, 6) is 1.05. The Kier molecular flexibility index (Phi) is 7.04. The van der Waals surface area contributed by atoms with Crippen molar-refractivity contribution in [2.45, 2.75) is 37.9 Å². The molecule has 7 heteroatoms. The van der Waals surface area contributed by atoms with Gasteiger partial charge in [0.15, 0.2) is 5.96 Å². The van der Waals surface area contributed by atoms with Gasteiger partial charge in [0.1, 0.15) is 6.10 Å². The third-order valence-corrected chi connectivity index (χ3v) is 5.70. The number of hydrogen-bond acceptors (Lipinski definition) is 3. The van der Waals surface area contributed by atoms with Gasteiger partial charge in [-0.05, 0) is 30.5 Å². The molecule has 2 aliphatic heterocycles. The molecule has 3 atom stereocenters. The van der Waals surface area contributed by atoms with E-state index in [0.717, 1.165) is 44.1 Å². The van der Waals surface area contributed by atoms with Crippen LogP contribution in [-0.2, 0) is 9.47 Å². The Balaban J connectivity index is 1.59. The molecule has 2 heterocycles. The number of morpholine rings is 1. The van der Waals surface area contributed by atoms with Gasteiger partial charge in [0, 0.05) is 49.3 Å². The molecule has 3 rings (SSSR count). The summed E-state index contributed by atoms with van der Waals surface area (Å²) in [6.45, 7) is 5.97. The highest BCUT2D eigenvalue weighted by Crippen LogP contribution is 2.31. The van der Waals surface area contributed by atoms with Crippen LogP contribution >= 0.6 is 23.2 Å². The molecule has 26 heavy (non-hydrogen) atoms. The second kappa shape index (κ2) is 9.27. The molecule has 2 fully saturated rings. The molecule has 0 aliphatic carbocycles. The molecule has 3 unspecified atom stereocenters. The first-order valence-electron chi connectivity index (χ1n) is 9.23. The van der Waals surface area contributed by atoms with E-state index in [4.69, 9.17) is 32.7 Å². The number of guanidine groups is 1. The maximum atomic E-state index is 6.33. The Morgan fingerprint density at radius 3 is 2.65 bits per heavy atom. The van der Waals surface area contributed by atoms with Crippen LogP contribution in [0, 0.1) is 0 Å². The highest BCUT2D eigenvalue weighted by molar-refractivity contribution is 6.36. The second-order valence-electron chi connectivity index (χ2n) is 6.87. The van der Waals surface area contributed by atoms with Gasteiger partial charge in [0.05, 0.1) is 12.7 Å². The average Bonchev–Trinajstić information content (AvgIpc) is 3.17. The van der Waals surface area contributed by atoms with E-state index in [0.29, 0.717) is 23.2 Å². The molecule has 1 N–H and O–H groups in total. The zero-order valence-electron chi connectivity index (χ0n) is 15.4. The predicted molar refractivity (Wildman–Crippen MR) is 107 cm³/mol. The molecular weight excluding hydrogens is 373 g/mol. The fourth-order valence-corrected chi connectivity index (χ4v) is 4.42. The van der Waals surface area contributed by atoms with Gasteiger partial charge in [-0.2, -0.15) is 0 Å². The minimum absolute atomic E-state index is 0.111. The number of halogens is 2. The Hall–Kier alpha value is -1.01. The van der Waals surface area contributed by atoms with Crippen molar-refractivity contribution in [1.29, 1.82) is 0 Å². The van der Waals surface area contributed by atoms with Gasteiger partial charge in [-0.1, -0.05) is 36.2 Å². The van der Waals surface area contributed by atoms with E-state index in [1.807, 2.05) is 25.2 Å². The number of nitrogens with zero attached hydrogens (tertiary/aromatic N) is 2. The summed E-state index contributed by atoms with van der Waals surface area (Å²) in [4.78, 5) is 6.70. The van der Waals surface area contributed by atoms with E-state index in [-0.39, 0.29) is 18.1 Å². The van der Waals surface area contributed by atoms with Crippen molar-refractivity contribution in [3.05, 3.63) is 33.8 Å². The van der Waals surface area contributed by atoms with Crippen LogP contribution in [0.4, 0.5) is 0 Å². The summed E-state index contributed by atoms with van der Waals surface area (Å²) in [6.07, 6.45) is 2.51. The average molecular weight is 400 g/mol. The lowest BCUT2D eigenvalue weighted by molar-refractivity contribution is -0.0817. The van der Waals surface area contributed by atoms with Crippen LogP contribution in [-0.4, -0.2) is 63.0 Å². The number of rotatable bonds is 4. The van der Waals surface area contributed by atoms with Crippen LogP contribution in [0.3, 0.4) is 0 Å². The standard InChI is InChI=1S/C19H27Cl2N3O2/c1-13(18-14(20)5-3-6-15(18)21)11-23-19(22-2)24-8-10-26-17(12-24)16-7-4-9-25-16/h3,5-6,13,16-17H,4,7-12H2,1-2H3,(H,22,23). The number of nitrogens with one attached hydrogen (secondary N) is 1. The number of ether oxygens (including phenoxy) is 2. The minimum atomic E-state index is 0.111. The third kappa shape index (κ3) is 4.63. The van der Waals surface area contributed by atoms with Gasteiger partial charge in [0.2, 0.25) is 0 Å². The molecule has 0 spiro atoms. The van der Waals surface area contributed by atoms with Gasteiger partial charge in [-0.3, -0.25) is 4.99 Å². The van der Waals surface area contributed by atoms with Crippen LogP contribution in [0.15, 0.2) is 23.2 Å². The van der Waals surface area contributed by atoms with E-state index < -0.39 is 0 Å². The SMILES string of the molecule is CN=C(NCC(C)c1c(Cl)cccc1Cl)N1CCOC(C2CCCO2)C1. The summed E-state index contributed by atoms with van der Waals surface area (Å²) in [5, 5.41) is 4.87. The molecule has 2 aliphatic rings. The molecule has 0 amide bonds. The number of benzene rings is 1. The molecule has 144 valence electrons. The molecule has 2 saturated heterocycles. The lowest BCUT2D eigenvalue weighted by Crippen LogP contribution is -2.53. The van der Waals surface area contributed by atoms with E-state index in [9.17, 15) is 0 Å². The molecule has 5 nitrogen and oxygen atoms in total. The smallest absolute Gasteiger partial charge is 0.193 e. The first-order valence-corrected chi connectivity index (χ1v) is 9.98. The highest BCUT2D eigenvalue weighted by atomic mass is 35.5. The van der Waals surface area contributed by atoms with Gasteiger partial charge in [0.25, 0.3) is 0 Å². The Labute approximate surface area is 165 Å². The second-order valence-corrected chi connectivity index (χ2v) is 7.69. The molecule has 0 saturated carbocycles. The van der Waals surface area contributed by atoms with Gasteiger partial charge >= 0.3 is 0 Å². The molecule has 1 aromatic carbocycles. The largest absolute Gasteiger partial charge is 0.375 e. The molecule has 0 radical (unpaired) electrons. The fraction of sp³-hybridized carbons (Fsp3) is 0.632. The van der Waals surface area contributed by atoms with E-state index >= 15 is 0 Å². The summed E-state index contributed by atoms with van der Waals surface area (Å²) in [5.41, 5.74) is 0.970. The Morgan fingerprint density at radius 1 is 1.27 bits per heavy atom. The van der Waals surface area contributed by atoms with E-state index in [2.05, 4.69) is 22.1 Å². The Morgan fingerprint density at radius 2 is 2.00 bits per heavy atom. The van der Waals surface area contributed by atoms with Crippen molar-refractivity contribution in [2.75, 3.05) is 39.9 Å². The molecule has 0 aromatic heterocycles. The van der Waals surface area contributed by atoms with Crippen molar-refractivity contribution in [2.24, 2.45) is 4.99 Å². The minimum Gasteiger partial charge on any atom is -0.375 e. The number of hydrogen-bond donors (Lipinski definition) is 1. The topological polar surface area (TPSA) is 46.1 Å². The summed E-state index contributed by atoms with van der Waals surface area (Å²) in [6, 6.07) is 5.62. The maximum absolute atomic E-state index is 6.33. The summed E-state index contributed by atoms with van der Waals surface area (Å²) < 4.78 is 11.7. The van der Waals surface area contributed by atoms with Crippen molar-refractivity contribution >= 4 is 29.2 Å². The zero-order valence-corrected chi connectivity index (χ0v) is 16.9.